The quantitative estimate of drug-likeness (QED) is 0.832. The van der Waals surface area contributed by atoms with Crippen molar-refractivity contribution in [3.63, 3.8) is 0 Å². The third-order valence-electron chi connectivity index (χ3n) is 2.98. The van der Waals surface area contributed by atoms with E-state index in [0.29, 0.717) is 11.3 Å². The summed E-state index contributed by atoms with van der Waals surface area (Å²) >= 11 is 3.28. The van der Waals surface area contributed by atoms with Crippen molar-refractivity contribution in [2.24, 2.45) is 0 Å². The Morgan fingerprint density at radius 3 is 2.44 bits per heavy atom. The zero-order valence-corrected chi connectivity index (χ0v) is 12.4. The summed E-state index contributed by atoms with van der Waals surface area (Å²) in [7, 11) is -3.55. The van der Waals surface area contributed by atoms with Gasteiger partial charge in [0.25, 0.3) is 15.9 Å². The van der Waals surface area contributed by atoms with E-state index in [1.165, 1.54) is 13.8 Å². The Morgan fingerprint density at radius 1 is 1.33 bits per heavy atom. The lowest BCUT2D eigenvalue weighted by atomic mass is 10.1. The molecule has 0 atom stereocenters. The molecule has 1 amide bonds. The summed E-state index contributed by atoms with van der Waals surface area (Å²) in [5.41, 5.74) is 6.86. The van der Waals surface area contributed by atoms with Gasteiger partial charge in [-0.2, -0.15) is 0 Å². The number of hydrogen-bond acceptors (Lipinski definition) is 4. The SMILES string of the molecule is CC1(C)C(=O)N(Cc2cc(N)cc(Br)c2)S1(=O)=O. The normalized spacial score (nSPS) is 20.6. The Kier molecular flexibility index (Phi) is 2.94. The summed E-state index contributed by atoms with van der Waals surface area (Å²) in [4.78, 5) is 11.8. The lowest BCUT2D eigenvalue weighted by Gasteiger charge is -2.43. The van der Waals surface area contributed by atoms with Gasteiger partial charge in [-0.15, -0.1) is 0 Å². The molecule has 1 aromatic carbocycles. The van der Waals surface area contributed by atoms with Crippen LogP contribution in [0.3, 0.4) is 0 Å². The molecule has 2 N–H and O–H groups in total. The van der Waals surface area contributed by atoms with E-state index in [1.807, 2.05) is 0 Å². The number of nitrogen functional groups attached to an aromatic ring is 1. The highest BCUT2D eigenvalue weighted by Crippen LogP contribution is 2.36. The number of carbonyl (C=O) groups excluding carboxylic acids is 1. The highest BCUT2D eigenvalue weighted by Gasteiger charge is 2.59. The predicted molar refractivity (Wildman–Crippen MR) is 72.1 cm³/mol. The Labute approximate surface area is 114 Å². The smallest absolute Gasteiger partial charge is 0.259 e. The van der Waals surface area contributed by atoms with Crippen LogP contribution in [-0.4, -0.2) is 23.4 Å². The maximum absolute atomic E-state index is 11.9. The van der Waals surface area contributed by atoms with E-state index in [-0.39, 0.29) is 12.5 Å². The minimum absolute atomic E-state index is 0.0221. The molecule has 1 saturated heterocycles. The van der Waals surface area contributed by atoms with Crippen molar-refractivity contribution in [2.75, 3.05) is 5.73 Å². The van der Waals surface area contributed by atoms with Gasteiger partial charge < -0.3 is 5.73 Å². The minimum atomic E-state index is -3.55. The Hall–Kier alpha value is -1.08. The molecule has 0 spiro atoms. The first-order valence-electron chi connectivity index (χ1n) is 5.28. The second kappa shape index (κ2) is 3.96. The van der Waals surface area contributed by atoms with Gasteiger partial charge in [-0.3, -0.25) is 4.79 Å². The van der Waals surface area contributed by atoms with Crippen LogP contribution in [0.1, 0.15) is 19.4 Å². The largest absolute Gasteiger partial charge is 0.399 e. The van der Waals surface area contributed by atoms with Crippen molar-refractivity contribution in [3.8, 4) is 0 Å². The van der Waals surface area contributed by atoms with Crippen LogP contribution in [0.25, 0.3) is 0 Å². The summed E-state index contributed by atoms with van der Waals surface area (Å²) in [5.74, 6) is -0.388. The molecular weight excluding hydrogens is 320 g/mol. The third kappa shape index (κ3) is 1.81. The Balaban J connectivity index is 2.29. The number of halogens is 1. The monoisotopic (exact) mass is 332 g/mol. The molecule has 1 fully saturated rings. The zero-order valence-electron chi connectivity index (χ0n) is 9.97. The number of carbonyl (C=O) groups is 1. The van der Waals surface area contributed by atoms with Gasteiger partial charge >= 0.3 is 0 Å². The van der Waals surface area contributed by atoms with Crippen molar-refractivity contribution in [1.29, 1.82) is 0 Å². The highest BCUT2D eigenvalue weighted by atomic mass is 79.9. The van der Waals surface area contributed by atoms with Gasteiger partial charge in [0.15, 0.2) is 4.75 Å². The number of rotatable bonds is 2. The lowest BCUT2D eigenvalue weighted by Crippen LogP contribution is -2.66. The van der Waals surface area contributed by atoms with E-state index < -0.39 is 14.8 Å². The molecule has 1 aliphatic rings. The van der Waals surface area contributed by atoms with Crippen LogP contribution in [0, 0.1) is 0 Å². The van der Waals surface area contributed by atoms with E-state index in [0.717, 1.165) is 8.78 Å². The van der Waals surface area contributed by atoms with Crippen molar-refractivity contribution in [1.82, 2.24) is 4.31 Å². The molecule has 98 valence electrons. The molecule has 1 aliphatic heterocycles. The number of nitrogens with zero attached hydrogens (tertiary/aromatic N) is 1. The van der Waals surface area contributed by atoms with Crippen molar-refractivity contribution >= 4 is 37.5 Å². The van der Waals surface area contributed by atoms with Crippen LogP contribution >= 0.6 is 15.9 Å². The number of sulfonamides is 1. The van der Waals surface area contributed by atoms with Crippen LogP contribution in [0.5, 0.6) is 0 Å². The minimum Gasteiger partial charge on any atom is -0.399 e. The molecule has 1 heterocycles. The summed E-state index contributed by atoms with van der Waals surface area (Å²) in [5, 5.41) is 0. The highest BCUT2D eigenvalue weighted by molar-refractivity contribution is 9.10. The first-order chi connectivity index (χ1) is 8.16. The van der Waals surface area contributed by atoms with Gasteiger partial charge in [0.05, 0.1) is 6.54 Å². The molecule has 0 saturated carbocycles. The van der Waals surface area contributed by atoms with E-state index in [4.69, 9.17) is 5.73 Å². The molecule has 0 aliphatic carbocycles. The lowest BCUT2D eigenvalue weighted by molar-refractivity contribution is -0.132. The molecule has 5 nitrogen and oxygen atoms in total. The van der Waals surface area contributed by atoms with Crippen molar-refractivity contribution in [3.05, 3.63) is 28.2 Å². The van der Waals surface area contributed by atoms with Gasteiger partial charge in [-0.05, 0) is 37.6 Å². The average Bonchev–Trinajstić information content (AvgIpc) is 2.23. The summed E-state index contributed by atoms with van der Waals surface area (Å²) in [6.07, 6.45) is 0. The Morgan fingerprint density at radius 2 is 1.94 bits per heavy atom. The molecule has 7 heteroatoms. The van der Waals surface area contributed by atoms with E-state index in [2.05, 4.69) is 15.9 Å². The number of anilines is 1. The molecule has 0 bridgehead atoms. The summed E-state index contributed by atoms with van der Waals surface area (Å²) in [6.45, 7) is 2.85. The predicted octanol–water partition coefficient (Wildman–Crippen LogP) is 1.48. The third-order valence-corrected chi connectivity index (χ3v) is 5.78. The fraction of sp³-hybridized carbons (Fsp3) is 0.364. The number of amides is 1. The van der Waals surface area contributed by atoms with Gasteiger partial charge in [-0.1, -0.05) is 15.9 Å². The average molecular weight is 333 g/mol. The van der Waals surface area contributed by atoms with Gasteiger partial charge in [0.2, 0.25) is 0 Å². The fourth-order valence-electron chi connectivity index (χ4n) is 1.85. The molecule has 1 aromatic rings. The van der Waals surface area contributed by atoms with Crippen LogP contribution in [-0.2, 0) is 21.4 Å². The molecule has 0 aromatic heterocycles. The number of benzene rings is 1. The van der Waals surface area contributed by atoms with Gasteiger partial charge in [0, 0.05) is 10.2 Å². The topological polar surface area (TPSA) is 80.5 Å². The molecule has 0 radical (unpaired) electrons. The molecule has 18 heavy (non-hydrogen) atoms. The van der Waals surface area contributed by atoms with E-state index in [9.17, 15) is 13.2 Å². The zero-order chi connectivity index (χ0) is 13.7. The van der Waals surface area contributed by atoms with Crippen LogP contribution in [0.15, 0.2) is 22.7 Å². The van der Waals surface area contributed by atoms with E-state index >= 15 is 0 Å². The van der Waals surface area contributed by atoms with Gasteiger partial charge in [0.1, 0.15) is 0 Å². The maximum atomic E-state index is 11.9. The number of hydrogen-bond donors (Lipinski definition) is 1. The van der Waals surface area contributed by atoms with E-state index in [1.54, 1.807) is 18.2 Å². The van der Waals surface area contributed by atoms with Gasteiger partial charge in [-0.25, -0.2) is 12.7 Å². The maximum Gasteiger partial charge on any atom is 0.259 e. The second-order valence-electron chi connectivity index (χ2n) is 4.72. The van der Waals surface area contributed by atoms with Crippen LogP contribution in [0.2, 0.25) is 0 Å². The molecule has 0 unspecified atom stereocenters. The molecule has 2 rings (SSSR count). The first kappa shape index (κ1) is 13.4. The fourth-order valence-corrected chi connectivity index (χ4v) is 3.92. The van der Waals surface area contributed by atoms with Crippen LogP contribution in [0.4, 0.5) is 5.69 Å². The Bertz CT molecular complexity index is 605. The second-order valence-corrected chi connectivity index (χ2v) is 8.05. The molecular formula is C11H13BrN2O3S. The van der Waals surface area contributed by atoms with Crippen molar-refractivity contribution < 1.29 is 13.2 Å². The number of nitrogens with two attached hydrogens (primary N) is 1. The van der Waals surface area contributed by atoms with Crippen LogP contribution < -0.4 is 5.73 Å². The van der Waals surface area contributed by atoms with Crippen molar-refractivity contribution in [2.45, 2.75) is 25.1 Å². The summed E-state index contributed by atoms with van der Waals surface area (Å²) in [6, 6.07) is 5.10. The first-order valence-corrected chi connectivity index (χ1v) is 7.51. The summed E-state index contributed by atoms with van der Waals surface area (Å²) < 4.78 is 24.2. The standard InChI is InChI=1S/C11H13BrN2O3S/c1-11(2)10(15)14(18(11,16)17)6-7-3-8(12)5-9(13)4-7/h3-5H,6,13H2,1-2H3.